The van der Waals surface area contributed by atoms with Crippen molar-refractivity contribution in [2.75, 3.05) is 0 Å². The summed E-state index contributed by atoms with van der Waals surface area (Å²) in [6.45, 7) is 3.43. The van der Waals surface area contributed by atoms with Gasteiger partial charge in [0.2, 0.25) is 0 Å². The third-order valence-corrected chi connectivity index (χ3v) is 1.75. The van der Waals surface area contributed by atoms with Gasteiger partial charge in [0.05, 0.1) is 5.60 Å². The van der Waals surface area contributed by atoms with E-state index in [0.29, 0.717) is 0 Å². The number of rotatable bonds is 0. The third kappa shape index (κ3) is 2.15. The largest absolute Gasteiger partial charge is 0.385 e. The van der Waals surface area contributed by atoms with Crippen LogP contribution in [0.15, 0.2) is 11.6 Å². The molecule has 0 bridgehead atoms. The van der Waals surface area contributed by atoms with Crippen molar-refractivity contribution < 1.29 is 54.0 Å². The Morgan fingerprint density at radius 3 is 2.30 bits per heavy atom. The number of carbonyl (C=O) groups excluding carboxylic acids is 1. The standard InChI is InChI=1S/C7H10O2.Ac/c1-5-3-6(8)4-7(5,2)9;/h3,9H,4H2,1-2H3;. The van der Waals surface area contributed by atoms with E-state index in [2.05, 4.69) is 0 Å². The van der Waals surface area contributed by atoms with Crippen molar-refractivity contribution in [1.82, 2.24) is 0 Å². The fourth-order valence-electron chi connectivity index (χ4n) is 0.927. The molecule has 1 aliphatic rings. The van der Waals surface area contributed by atoms with Crippen LogP contribution in [0.2, 0.25) is 0 Å². The zero-order chi connectivity index (χ0) is 7.07. The molecule has 10 heavy (non-hydrogen) atoms. The van der Waals surface area contributed by atoms with Crippen molar-refractivity contribution in [3.8, 4) is 0 Å². The fourth-order valence-corrected chi connectivity index (χ4v) is 0.927. The van der Waals surface area contributed by atoms with Gasteiger partial charge >= 0.3 is 0 Å². The first-order valence-corrected chi connectivity index (χ1v) is 2.96. The molecule has 53 valence electrons. The Labute approximate surface area is 96.2 Å². The molecule has 3 heteroatoms. The average molecular weight is 353 g/mol. The van der Waals surface area contributed by atoms with Crippen LogP contribution in [0.5, 0.6) is 0 Å². The van der Waals surface area contributed by atoms with Crippen molar-refractivity contribution >= 4 is 5.78 Å². The quantitative estimate of drug-likeness (QED) is 0.695. The second kappa shape index (κ2) is 3.47. The summed E-state index contributed by atoms with van der Waals surface area (Å²) in [4.78, 5) is 10.6. The Kier molecular flexibility index (Phi) is 3.75. The minimum Gasteiger partial charge on any atom is -0.385 e. The molecule has 0 aromatic rings. The summed E-state index contributed by atoms with van der Waals surface area (Å²) in [6, 6.07) is 0. The minimum absolute atomic E-state index is 0. The summed E-state index contributed by atoms with van der Waals surface area (Å²) in [5, 5.41) is 9.34. The van der Waals surface area contributed by atoms with E-state index < -0.39 is 5.60 Å². The Morgan fingerprint density at radius 1 is 1.70 bits per heavy atom. The molecule has 1 radical (unpaired) electrons. The SMILES string of the molecule is CC1=CC(=O)CC1(C)O.[Ac]. The van der Waals surface area contributed by atoms with Gasteiger partial charge in [0.1, 0.15) is 0 Å². The van der Waals surface area contributed by atoms with Gasteiger partial charge in [-0.3, -0.25) is 4.79 Å². The summed E-state index contributed by atoms with van der Waals surface area (Å²) in [6.07, 6.45) is 1.75. The molecule has 1 aliphatic carbocycles. The van der Waals surface area contributed by atoms with Crippen molar-refractivity contribution in [3.63, 3.8) is 0 Å². The van der Waals surface area contributed by atoms with E-state index in [-0.39, 0.29) is 56.3 Å². The van der Waals surface area contributed by atoms with Gasteiger partial charge in [-0.15, -0.1) is 0 Å². The van der Waals surface area contributed by atoms with Gasteiger partial charge in [0.25, 0.3) is 0 Å². The summed E-state index contributed by atoms with van der Waals surface area (Å²) < 4.78 is 0. The van der Waals surface area contributed by atoms with Crippen LogP contribution >= 0.6 is 0 Å². The maximum Gasteiger partial charge on any atom is 0.158 e. The summed E-state index contributed by atoms with van der Waals surface area (Å²) >= 11 is 0. The Bertz CT molecular complexity index is 182. The van der Waals surface area contributed by atoms with E-state index in [9.17, 15) is 9.90 Å². The summed E-state index contributed by atoms with van der Waals surface area (Å²) in [5.41, 5.74) is -0.0932. The van der Waals surface area contributed by atoms with Crippen LogP contribution in [0, 0.1) is 44.1 Å². The molecular formula is C7H10AcO2. The van der Waals surface area contributed by atoms with Crippen molar-refractivity contribution in [3.05, 3.63) is 11.6 Å². The minimum atomic E-state index is -0.864. The predicted octanol–water partition coefficient (Wildman–Crippen LogP) is 0.657. The molecule has 0 fully saturated rings. The van der Waals surface area contributed by atoms with Crippen LogP contribution in [0.4, 0.5) is 0 Å². The van der Waals surface area contributed by atoms with Crippen molar-refractivity contribution in [2.24, 2.45) is 0 Å². The van der Waals surface area contributed by atoms with E-state index in [1.54, 1.807) is 13.8 Å². The Hall–Kier alpha value is 0.812. The first-order valence-electron chi connectivity index (χ1n) is 2.96. The van der Waals surface area contributed by atoms with Crippen LogP contribution in [-0.2, 0) is 4.79 Å². The van der Waals surface area contributed by atoms with Crippen LogP contribution < -0.4 is 0 Å². The molecule has 0 heterocycles. The fraction of sp³-hybridized carbons (Fsp3) is 0.571. The molecule has 1 N–H and O–H groups in total. The summed E-state index contributed by atoms with van der Waals surface area (Å²) in [7, 11) is 0. The van der Waals surface area contributed by atoms with Gasteiger partial charge in [-0.05, 0) is 25.5 Å². The first-order chi connectivity index (χ1) is 4.02. The molecule has 1 rings (SSSR count). The Morgan fingerprint density at radius 2 is 2.20 bits per heavy atom. The number of carbonyl (C=O) groups is 1. The first kappa shape index (κ1) is 10.8. The molecule has 0 aromatic heterocycles. The molecule has 0 aromatic carbocycles. The van der Waals surface area contributed by atoms with Gasteiger partial charge < -0.3 is 5.11 Å². The van der Waals surface area contributed by atoms with Gasteiger partial charge in [-0.25, -0.2) is 0 Å². The van der Waals surface area contributed by atoms with E-state index >= 15 is 0 Å². The molecule has 1 atom stereocenters. The van der Waals surface area contributed by atoms with Crippen LogP contribution in [0.25, 0.3) is 0 Å². The van der Waals surface area contributed by atoms with Crippen LogP contribution in [-0.4, -0.2) is 16.5 Å². The van der Waals surface area contributed by atoms with Gasteiger partial charge in [-0.2, -0.15) is 0 Å². The maximum atomic E-state index is 10.6. The number of hydrogen-bond donors (Lipinski definition) is 1. The van der Waals surface area contributed by atoms with E-state index in [4.69, 9.17) is 0 Å². The molecule has 2 nitrogen and oxygen atoms in total. The molecule has 1 unspecified atom stereocenters. The van der Waals surface area contributed by atoms with Gasteiger partial charge in [-0.1, -0.05) is 0 Å². The van der Waals surface area contributed by atoms with Gasteiger partial charge in [0.15, 0.2) is 5.78 Å². The topological polar surface area (TPSA) is 37.3 Å². The third-order valence-electron chi connectivity index (χ3n) is 1.75. The molecule has 0 saturated heterocycles. The van der Waals surface area contributed by atoms with Crippen LogP contribution in [0.1, 0.15) is 20.3 Å². The van der Waals surface area contributed by atoms with Crippen molar-refractivity contribution in [1.29, 1.82) is 0 Å². The van der Waals surface area contributed by atoms with Crippen molar-refractivity contribution in [2.45, 2.75) is 25.9 Å². The zero-order valence-corrected chi connectivity index (χ0v) is 11.0. The normalized spacial score (nSPS) is 31.5. The zero-order valence-electron chi connectivity index (χ0n) is 6.22. The average Bonchev–Trinajstić information content (AvgIpc) is 1.79. The second-order valence-electron chi connectivity index (χ2n) is 2.74. The maximum absolute atomic E-state index is 10.6. The Balaban J connectivity index is 0.000000810. The van der Waals surface area contributed by atoms with E-state index in [0.717, 1.165) is 5.57 Å². The number of allylic oxidation sites excluding steroid dienone is 1. The molecular weight excluding hydrogens is 343 g/mol. The smallest absolute Gasteiger partial charge is 0.158 e. The van der Waals surface area contributed by atoms with E-state index in [1.165, 1.54) is 6.08 Å². The van der Waals surface area contributed by atoms with E-state index in [1.807, 2.05) is 0 Å². The van der Waals surface area contributed by atoms with Gasteiger partial charge in [0, 0.05) is 50.5 Å². The molecule has 0 aliphatic heterocycles. The number of ketones is 1. The molecule has 0 amide bonds. The molecule has 0 saturated carbocycles. The number of aliphatic hydroxyl groups is 1. The second-order valence-corrected chi connectivity index (χ2v) is 2.74. The van der Waals surface area contributed by atoms with Crippen LogP contribution in [0.3, 0.4) is 0 Å². The summed E-state index contributed by atoms with van der Waals surface area (Å²) in [5.74, 6) is 0.0255. The predicted molar refractivity (Wildman–Crippen MR) is 34.0 cm³/mol. The number of hydrogen-bond acceptors (Lipinski definition) is 2. The monoisotopic (exact) mass is 353 g/mol. The molecule has 0 spiro atoms.